The number of hydrogen-bond donors (Lipinski definition) is 2. The van der Waals surface area contributed by atoms with Gasteiger partial charge in [-0.2, -0.15) is 0 Å². The molecule has 0 aromatic heterocycles. The van der Waals surface area contributed by atoms with Crippen LogP contribution in [0.15, 0.2) is 63.5 Å². The summed E-state index contributed by atoms with van der Waals surface area (Å²) in [5.74, 6) is -0.0552. The van der Waals surface area contributed by atoms with Gasteiger partial charge in [-0.15, -0.1) is 0 Å². The molecule has 2 saturated heterocycles. The molecule has 10 heteroatoms. The second-order valence-corrected chi connectivity index (χ2v) is 11.5. The van der Waals surface area contributed by atoms with Crippen molar-refractivity contribution in [3.63, 3.8) is 0 Å². The zero-order chi connectivity index (χ0) is 27.0. The number of piperidine rings is 2. The smallest absolute Gasteiger partial charge is 0.255 e. The fourth-order valence-electron chi connectivity index (χ4n) is 6.07. The normalized spacial score (nSPS) is 22.8. The maximum absolute atomic E-state index is 13.2. The standard InChI is InChI=1S/C29H31N5O4S/c30-14-19(15-31-39-20-4-2-1-3-5-20)16-33-12-10-29(11-13-33)18-38-26-22-17-34(24-8-9-25(35)32-27(24)36)28(37)21(22)6-7-23(26)29/h1-7,14-15,24H,8-13,16-18,30H2,(H,32,35,36)/b19-14+,31-15+. The highest BCUT2D eigenvalue weighted by molar-refractivity contribution is 7.98. The van der Waals surface area contributed by atoms with Gasteiger partial charge in [-0.05, 0) is 56.8 Å². The molecule has 39 heavy (non-hydrogen) atoms. The van der Waals surface area contributed by atoms with Gasteiger partial charge in [0.25, 0.3) is 5.91 Å². The first kappa shape index (κ1) is 25.6. The first-order valence-electron chi connectivity index (χ1n) is 13.3. The second kappa shape index (κ2) is 10.5. The molecule has 0 aliphatic carbocycles. The molecule has 0 bridgehead atoms. The minimum absolute atomic E-state index is 0.0875. The van der Waals surface area contributed by atoms with Crippen LogP contribution < -0.4 is 15.8 Å². The number of imide groups is 1. The third kappa shape index (κ3) is 4.83. The predicted octanol–water partition coefficient (Wildman–Crippen LogP) is 2.79. The third-order valence-corrected chi connectivity index (χ3v) is 8.98. The minimum atomic E-state index is -0.628. The van der Waals surface area contributed by atoms with E-state index in [2.05, 4.69) is 14.6 Å². The van der Waals surface area contributed by atoms with Gasteiger partial charge in [0.15, 0.2) is 0 Å². The number of carbonyl (C=O) groups is 3. The van der Waals surface area contributed by atoms with Crippen LogP contribution in [-0.4, -0.2) is 66.0 Å². The molecule has 1 spiro atoms. The Balaban J connectivity index is 1.11. The van der Waals surface area contributed by atoms with Gasteiger partial charge in [0, 0.05) is 63.7 Å². The second-order valence-electron chi connectivity index (χ2n) is 10.6. The lowest BCUT2D eigenvalue weighted by Crippen LogP contribution is -2.52. The summed E-state index contributed by atoms with van der Waals surface area (Å²) < 4.78 is 10.8. The molecule has 2 fully saturated rings. The number of nitrogens with zero attached hydrogens (tertiary/aromatic N) is 3. The minimum Gasteiger partial charge on any atom is -0.492 e. The fourth-order valence-corrected chi connectivity index (χ4v) is 6.66. The summed E-state index contributed by atoms with van der Waals surface area (Å²) in [6, 6.07) is 13.3. The van der Waals surface area contributed by atoms with Gasteiger partial charge in [0.2, 0.25) is 11.8 Å². The Morgan fingerprint density at radius 3 is 2.69 bits per heavy atom. The van der Waals surface area contributed by atoms with Gasteiger partial charge in [-0.3, -0.25) is 24.6 Å². The van der Waals surface area contributed by atoms with Crippen molar-refractivity contribution in [3.8, 4) is 5.75 Å². The first-order chi connectivity index (χ1) is 19.0. The first-order valence-corrected chi connectivity index (χ1v) is 14.1. The van der Waals surface area contributed by atoms with Crippen molar-refractivity contribution in [2.75, 3.05) is 26.2 Å². The van der Waals surface area contributed by atoms with Gasteiger partial charge in [-0.1, -0.05) is 24.3 Å². The SMILES string of the molecule is N/C=C(\C=N\Sc1ccccc1)CN1CCC2(CC1)COc1c2ccc2c1CN(C1CCC(=O)NC1=O)C2=O. The van der Waals surface area contributed by atoms with E-state index in [9.17, 15) is 14.4 Å². The third-order valence-electron chi connectivity index (χ3n) is 8.28. The molecule has 2 aromatic rings. The summed E-state index contributed by atoms with van der Waals surface area (Å²) in [5.41, 5.74) is 9.42. The summed E-state index contributed by atoms with van der Waals surface area (Å²) in [4.78, 5) is 42.3. The van der Waals surface area contributed by atoms with E-state index in [1.54, 1.807) is 11.1 Å². The number of amides is 3. The molecular formula is C29H31N5O4S. The molecule has 202 valence electrons. The zero-order valence-electron chi connectivity index (χ0n) is 21.6. The van der Waals surface area contributed by atoms with Crippen molar-refractivity contribution in [2.45, 2.75) is 48.6 Å². The Kier molecular flexibility index (Phi) is 6.90. The number of fused-ring (bicyclic) bond motifs is 4. The lowest BCUT2D eigenvalue weighted by atomic mass is 9.74. The quantitative estimate of drug-likeness (QED) is 0.326. The monoisotopic (exact) mass is 545 g/mol. The highest BCUT2D eigenvalue weighted by Gasteiger charge is 2.47. The summed E-state index contributed by atoms with van der Waals surface area (Å²) >= 11 is 1.43. The predicted molar refractivity (Wildman–Crippen MR) is 148 cm³/mol. The van der Waals surface area contributed by atoms with Gasteiger partial charge in [0.05, 0.1) is 13.2 Å². The Bertz CT molecular complexity index is 1370. The number of nitrogens with one attached hydrogen (secondary N) is 1. The van der Waals surface area contributed by atoms with E-state index < -0.39 is 11.9 Å². The maximum Gasteiger partial charge on any atom is 0.255 e. The molecule has 9 nitrogen and oxygen atoms in total. The zero-order valence-corrected chi connectivity index (χ0v) is 22.4. The highest BCUT2D eigenvalue weighted by atomic mass is 32.2. The number of ether oxygens (including phenoxy) is 1. The van der Waals surface area contributed by atoms with E-state index in [-0.39, 0.29) is 23.7 Å². The Morgan fingerprint density at radius 1 is 1.15 bits per heavy atom. The lowest BCUT2D eigenvalue weighted by molar-refractivity contribution is -0.136. The van der Waals surface area contributed by atoms with Crippen LogP contribution in [-0.2, 0) is 21.5 Å². The van der Waals surface area contributed by atoms with Crippen LogP contribution in [0.1, 0.15) is 47.2 Å². The Labute approximate surface area is 231 Å². The Morgan fingerprint density at radius 2 is 1.95 bits per heavy atom. The number of hydrogen-bond acceptors (Lipinski definition) is 8. The van der Waals surface area contributed by atoms with Crippen LogP contribution in [0.5, 0.6) is 5.75 Å². The van der Waals surface area contributed by atoms with E-state index in [1.807, 2.05) is 48.7 Å². The Hall–Kier alpha value is -3.63. The van der Waals surface area contributed by atoms with Gasteiger partial charge < -0.3 is 15.4 Å². The molecular weight excluding hydrogens is 514 g/mol. The number of likely N-dealkylation sites (tertiary alicyclic amines) is 1. The van der Waals surface area contributed by atoms with Crippen LogP contribution >= 0.6 is 11.9 Å². The summed E-state index contributed by atoms with van der Waals surface area (Å²) in [5, 5.41) is 2.36. The molecule has 3 amide bonds. The molecule has 6 rings (SSSR count). The molecule has 4 aliphatic rings. The van der Waals surface area contributed by atoms with E-state index in [4.69, 9.17) is 10.5 Å². The topological polar surface area (TPSA) is 117 Å². The summed E-state index contributed by atoms with van der Waals surface area (Å²) in [6.07, 6.45) is 5.94. The van der Waals surface area contributed by atoms with Gasteiger partial charge >= 0.3 is 0 Å². The van der Waals surface area contributed by atoms with E-state index >= 15 is 0 Å². The van der Waals surface area contributed by atoms with Crippen molar-refractivity contribution in [2.24, 2.45) is 10.1 Å². The van der Waals surface area contributed by atoms with Crippen LogP contribution in [0.3, 0.4) is 0 Å². The van der Waals surface area contributed by atoms with Crippen LogP contribution in [0.25, 0.3) is 0 Å². The van der Waals surface area contributed by atoms with Gasteiger partial charge in [0.1, 0.15) is 11.8 Å². The molecule has 1 unspecified atom stereocenters. The number of rotatable bonds is 6. The van der Waals surface area contributed by atoms with Crippen LogP contribution in [0, 0.1) is 0 Å². The molecule has 2 aromatic carbocycles. The van der Waals surface area contributed by atoms with Gasteiger partial charge in [-0.25, -0.2) is 4.40 Å². The van der Waals surface area contributed by atoms with E-state index in [0.29, 0.717) is 25.1 Å². The average Bonchev–Trinajstić information content (AvgIpc) is 3.48. The number of benzene rings is 2. The molecule has 3 N–H and O–H groups in total. The molecule has 4 heterocycles. The molecule has 4 aliphatic heterocycles. The maximum atomic E-state index is 13.2. The molecule has 0 saturated carbocycles. The van der Waals surface area contributed by atoms with Crippen LogP contribution in [0.4, 0.5) is 0 Å². The van der Waals surface area contributed by atoms with Crippen molar-refractivity contribution in [1.29, 1.82) is 0 Å². The number of carbonyl (C=O) groups excluding carboxylic acids is 3. The largest absolute Gasteiger partial charge is 0.492 e. The summed E-state index contributed by atoms with van der Waals surface area (Å²) in [6.45, 7) is 3.46. The van der Waals surface area contributed by atoms with Crippen molar-refractivity contribution >= 4 is 35.9 Å². The summed E-state index contributed by atoms with van der Waals surface area (Å²) in [7, 11) is 0. The average molecular weight is 546 g/mol. The van der Waals surface area contributed by atoms with E-state index in [0.717, 1.165) is 59.8 Å². The molecule has 1 atom stereocenters. The van der Waals surface area contributed by atoms with Crippen molar-refractivity contribution < 1.29 is 19.1 Å². The molecule has 0 radical (unpaired) electrons. The number of nitrogens with two attached hydrogens (primary N) is 1. The lowest BCUT2D eigenvalue weighted by Gasteiger charge is -2.38. The van der Waals surface area contributed by atoms with Crippen LogP contribution in [0.2, 0.25) is 0 Å². The van der Waals surface area contributed by atoms with Crippen molar-refractivity contribution in [3.05, 3.63) is 70.9 Å². The fraction of sp³-hybridized carbons (Fsp3) is 0.379. The van der Waals surface area contributed by atoms with E-state index in [1.165, 1.54) is 11.9 Å². The van der Waals surface area contributed by atoms with Crippen molar-refractivity contribution in [1.82, 2.24) is 15.1 Å². The highest BCUT2D eigenvalue weighted by Crippen LogP contribution is 2.49.